The van der Waals surface area contributed by atoms with Gasteiger partial charge >= 0.3 is 0 Å². The molecule has 0 saturated carbocycles. The molecule has 2 N–H and O–H groups in total. The molecule has 2 aromatic rings. The van der Waals surface area contributed by atoms with E-state index in [0.29, 0.717) is 17.2 Å². The van der Waals surface area contributed by atoms with Crippen LogP contribution in [0.2, 0.25) is 0 Å². The van der Waals surface area contributed by atoms with Gasteiger partial charge in [0, 0.05) is 19.3 Å². The molecule has 0 unspecified atom stereocenters. The fourth-order valence-corrected chi connectivity index (χ4v) is 1.53. The number of amides is 1. The highest BCUT2D eigenvalue weighted by molar-refractivity contribution is 5.92. The number of carbonyl (C=O) groups is 1. The van der Waals surface area contributed by atoms with Crippen LogP contribution < -0.4 is 10.1 Å². The van der Waals surface area contributed by atoms with Gasteiger partial charge < -0.3 is 15.2 Å². The number of benzene rings is 1. The lowest BCUT2D eigenvalue weighted by molar-refractivity contribution is 0.0958. The highest BCUT2D eigenvalue weighted by atomic mass is 16.5. The first-order valence-corrected chi connectivity index (χ1v) is 5.78. The second-order valence-corrected chi connectivity index (χ2v) is 3.86. The molecule has 5 nitrogen and oxygen atoms in total. The van der Waals surface area contributed by atoms with Crippen molar-refractivity contribution in [2.24, 2.45) is 0 Å². The number of aliphatic hydroxyl groups is 1. The van der Waals surface area contributed by atoms with Crippen molar-refractivity contribution in [3.63, 3.8) is 0 Å². The Kier molecular flexibility index (Phi) is 4.10. The van der Waals surface area contributed by atoms with Gasteiger partial charge in [-0.3, -0.25) is 9.78 Å². The Morgan fingerprint density at radius 1 is 1.26 bits per heavy atom. The van der Waals surface area contributed by atoms with E-state index < -0.39 is 0 Å². The van der Waals surface area contributed by atoms with Gasteiger partial charge in [0.15, 0.2) is 0 Å². The van der Waals surface area contributed by atoms with Crippen LogP contribution >= 0.6 is 0 Å². The SMILES string of the molecule is CNC(=O)c1cc(Oc2ccc(CO)cc2)ccn1. The first-order valence-electron chi connectivity index (χ1n) is 5.78. The summed E-state index contributed by atoms with van der Waals surface area (Å²) in [7, 11) is 1.55. The minimum atomic E-state index is -0.263. The van der Waals surface area contributed by atoms with Gasteiger partial charge in [-0.2, -0.15) is 0 Å². The number of carbonyl (C=O) groups excluding carboxylic acids is 1. The lowest BCUT2D eigenvalue weighted by atomic mass is 10.2. The van der Waals surface area contributed by atoms with Gasteiger partial charge in [-0.1, -0.05) is 12.1 Å². The van der Waals surface area contributed by atoms with E-state index in [9.17, 15) is 4.79 Å². The molecule has 0 aliphatic carbocycles. The molecule has 0 spiro atoms. The van der Waals surface area contributed by atoms with Gasteiger partial charge in [0.1, 0.15) is 17.2 Å². The molecule has 19 heavy (non-hydrogen) atoms. The topological polar surface area (TPSA) is 71.5 Å². The summed E-state index contributed by atoms with van der Waals surface area (Å²) in [6.45, 7) is -0.00361. The smallest absolute Gasteiger partial charge is 0.269 e. The molecule has 5 heteroatoms. The molecule has 0 aliphatic rings. The van der Waals surface area contributed by atoms with Gasteiger partial charge in [0.2, 0.25) is 0 Å². The predicted octanol–water partition coefficient (Wildman–Crippen LogP) is 1.73. The average molecular weight is 258 g/mol. The van der Waals surface area contributed by atoms with Gasteiger partial charge in [-0.05, 0) is 23.8 Å². The zero-order chi connectivity index (χ0) is 13.7. The number of hydrogen-bond acceptors (Lipinski definition) is 4. The third kappa shape index (κ3) is 3.29. The van der Waals surface area contributed by atoms with Crippen LogP contribution in [-0.2, 0) is 6.61 Å². The Morgan fingerprint density at radius 3 is 2.63 bits per heavy atom. The van der Waals surface area contributed by atoms with Crippen LogP contribution in [0.4, 0.5) is 0 Å². The molecule has 0 radical (unpaired) electrons. The van der Waals surface area contributed by atoms with Crippen molar-refractivity contribution in [1.29, 1.82) is 0 Å². The van der Waals surface area contributed by atoms with Crippen molar-refractivity contribution >= 4 is 5.91 Å². The second kappa shape index (κ2) is 5.97. The molecule has 1 aromatic carbocycles. The highest BCUT2D eigenvalue weighted by Crippen LogP contribution is 2.21. The maximum absolute atomic E-state index is 11.4. The minimum absolute atomic E-state index is 0.00361. The van der Waals surface area contributed by atoms with Gasteiger partial charge in [-0.25, -0.2) is 0 Å². The van der Waals surface area contributed by atoms with E-state index in [1.54, 1.807) is 43.4 Å². The van der Waals surface area contributed by atoms with Crippen LogP contribution in [0, 0.1) is 0 Å². The van der Waals surface area contributed by atoms with E-state index in [1.165, 1.54) is 6.20 Å². The largest absolute Gasteiger partial charge is 0.457 e. The fraction of sp³-hybridized carbons (Fsp3) is 0.143. The monoisotopic (exact) mass is 258 g/mol. The second-order valence-electron chi connectivity index (χ2n) is 3.86. The molecule has 2 rings (SSSR count). The zero-order valence-electron chi connectivity index (χ0n) is 10.5. The fourth-order valence-electron chi connectivity index (χ4n) is 1.53. The summed E-state index contributed by atoms with van der Waals surface area (Å²) < 4.78 is 5.61. The van der Waals surface area contributed by atoms with Crippen LogP contribution in [0.3, 0.4) is 0 Å². The average Bonchev–Trinajstić information content (AvgIpc) is 2.47. The number of aromatic nitrogens is 1. The normalized spacial score (nSPS) is 10.0. The molecule has 98 valence electrons. The lowest BCUT2D eigenvalue weighted by Crippen LogP contribution is -2.18. The predicted molar refractivity (Wildman–Crippen MR) is 70.1 cm³/mol. The Labute approximate surface area is 110 Å². The van der Waals surface area contributed by atoms with E-state index in [0.717, 1.165) is 5.56 Å². The van der Waals surface area contributed by atoms with E-state index in [4.69, 9.17) is 9.84 Å². The number of pyridine rings is 1. The molecule has 0 saturated heterocycles. The van der Waals surface area contributed by atoms with E-state index >= 15 is 0 Å². The standard InChI is InChI=1S/C14H14N2O3/c1-15-14(18)13-8-12(6-7-16-13)19-11-4-2-10(9-17)3-5-11/h2-8,17H,9H2,1H3,(H,15,18). The van der Waals surface area contributed by atoms with Gasteiger partial charge in [0.25, 0.3) is 5.91 Å². The van der Waals surface area contributed by atoms with Gasteiger partial charge in [0.05, 0.1) is 6.61 Å². The van der Waals surface area contributed by atoms with Crippen LogP contribution in [0.25, 0.3) is 0 Å². The van der Waals surface area contributed by atoms with Crippen molar-refractivity contribution in [1.82, 2.24) is 10.3 Å². The summed E-state index contributed by atoms with van der Waals surface area (Å²) in [6.07, 6.45) is 1.52. The maximum atomic E-state index is 11.4. The Hall–Kier alpha value is -2.40. The van der Waals surface area contributed by atoms with Crippen molar-refractivity contribution in [3.8, 4) is 11.5 Å². The Balaban J connectivity index is 2.16. The summed E-state index contributed by atoms with van der Waals surface area (Å²) in [5, 5.41) is 11.5. The summed E-state index contributed by atoms with van der Waals surface area (Å²) in [5.74, 6) is 0.901. The zero-order valence-corrected chi connectivity index (χ0v) is 10.5. The molecule has 0 aliphatic heterocycles. The third-order valence-corrected chi connectivity index (χ3v) is 2.53. The Bertz CT molecular complexity index is 567. The summed E-state index contributed by atoms with van der Waals surface area (Å²) >= 11 is 0. The molecular formula is C14H14N2O3. The molecule has 1 amide bonds. The van der Waals surface area contributed by atoms with Crippen LogP contribution in [0.15, 0.2) is 42.6 Å². The first-order chi connectivity index (χ1) is 9.22. The van der Waals surface area contributed by atoms with Crippen molar-refractivity contribution in [3.05, 3.63) is 53.9 Å². The lowest BCUT2D eigenvalue weighted by Gasteiger charge is -2.07. The molecular weight excluding hydrogens is 244 g/mol. The number of nitrogens with zero attached hydrogens (tertiary/aromatic N) is 1. The molecule has 1 heterocycles. The van der Waals surface area contributed by atoms with Crippen molar-refractivity contribution in [2.75, 3.05) is 7.05 Å². The van der Waals surface area contributed by atoms with Gasteiger partial charge in [-0.15, -0.1) is 0 Å². The number of hydrogen-bond donors (Lipinski definition) is 2. The first kappa shape index (κ1) is 13.0. The summed E-state index contributed by atoms with van der Waals surface area (Å²) in [5.41, 5.74) is 1.11. The number of nitrogens with one attached hydrogen (secondary N) is 1. The highest BCUT2D eigenvalue weighted by Gasteiger charge is 2.06. The molecule has 0 bridgehead atoms. The minimum Gasteiger partial charge on any atom is -0.457 e. The van der Waals surface area contributed by atoms with E-state index in [1.807, 2.05) is 0 Å². The number of rotatable bonds is 4. The molecule has 0 fully saturated rings. The van der Waals surface area contributed by atoms with Crippen molar-refractivity contribution < 1.29 is 14.6 Å². The van der Waals surface area contributed by atoms with Crippen LogP contribution in [-0.4, -0.2) is 23.0 Å². The van der Waals surface area contributed by atoms with E-state index in [2.05, 4.69) is 10.3 Å². The summed E-state index contributed by atoms with van der Waals surface area (Å²) in [6, 6.07) is 10.3. The number of aliphatic hydroxyl groups excluding tert-OH is 1. The molecule has 1 aromatic heterocycles. The summed E-state index contributed by atoms with van der Waals surface area (Å²) in [4.78, 5) is 15.4. The molecule has 0 atom stereocenters. The van der Waals surface area contributed by atoms with Crippen LogP contribution in [0.5, 0.6) is 11.5 Å². The Morgan fingerprint density at radius 2 is 2.00 bits per heavy atom. The van der Waals surface area contributed by atoms with E-state index in [-0.39, 0.29) is 12.5 Å². The number of ether oxygens (including phenoxy) is 1. The quantitative estimate of drug-likeness (QED) is 0.876. The van der Waals surface area contributed by atoms with Crippen molar-refractivity contribution in [2.45, 2.75) is 6.61 Å². The van der Waals surface area contributed by atoms with Crippen LogP contribution in [0.1, 0.15) is 16.1 Å². The third-order valence-electron chi connectivity index (χ3n) is 2.53. The maximum Gasteiger partial charge on any atom is 0.269 e.